The summed E-state index contributed by atoms with van der Waals surface area (Å²) in [5, 5.41) is 0. The van der Waals surface area contributed by atoms with Gasteiger partial charge in [0.1, 0.15) is 0 Å². The van der Waals surface area contributed by atoms with Crippen molar-refractivity contribution in [1.82, 2.24) is 10.3 Å². The third-order valence-corrected chi connectivity index (χ3v) is 5.24. The molecule has 0 aromatic heterocycles. The number of rotatable bonds is 4. The fraction of sp³-hybridized carbons (Fsp3) is 0.235. The molecule has 0 bridgehead atoms. The minimum atomic E-state index is -3.78. The summed E-state index contributed by atoms with van der Waals surface area (Å²) in [5.41, 5.74) is 5.94. The van der Waals surface area contributed by atoms with E-state index in [9.17, 15) is 13.2 Å². The van der Waals surface area contributed by atoms with Gasteiger partial charge >= 0.3 is 0 Å². The average molecular weight is 330 g/mol. The third kappa shape index (κ3) is 3.43. The van der Waals surface area contributed by atoms with Crippen molar-refractivity contribution in [2.75, 3.05) is 0 Å². The Labute approximate surface area is 135 Å². The zero-order chi connectivity index (χ0) is 16.4. The van der Waals surface area contributed by atoms with Crippen molar-refractivity contribution in [1.29, 1.82) is 0 Å². The maximum absolute atomic E-state index is 12.3. The Morgan fingerprint density at radius 2 is 1.70 bits per heavy atom. The maximum atomic E-state index is 12.3. The molecule has 1 aliphatic rings. The second-order valence-corrected chi connectivity index (χ2v) is 7.39. The van der Waals surface area contributed by atoms with Gasteiger partial charge < -0.3 is 0 Å². The lowest BCUT2D eigenvalue weighted by Gasteiger charge is -2.10. The highest BCUT2D eigenvalue weighted by atomic mass is 32.2. The number of sulfonamides is 1. The first kappa shape index (κ1) is 15.7. The number of benzene rings is 2. The van der Waals surface area contributed by atoms with Gasteiger partial charge in [0.25, 0.3) is 15.9 Å². The van der Waals surface area contributed by atoms with Crippen LogP contribution in [-0.4, -0.2) is 14.3 Å². The number of carbonyl (C=O) groups is 1. The Morgan fingerprint density at radius 1 is 1.00 bits per heavy atom. The highest BCUT2D eigenvalue weighted by molar-refractivity contribution is 7.89. The molecule has 0 unspecified atom stereocenters. The van der Waals surface area contributed by atoms with Crippen LogP contribution in [0.4, 0.5) is 0 Å². The SMILES string of the molecule is Cc1ccc(C(=O)NNS(=O)(=O)c2ccc3c(c2)CCC3)cc1. The van der Waals surface area contributed by atoms with Crippen LogP contribution in [0.25, 0.3) is 0 Å². The standard InChI is InChI=1S/C17H18N2O3S/c1-12-5-7-14(8-6-12)17(20)18-19-23(21,22)16-10-9-13-3-2-4-15(13)11-16/h5-11,19H,2-4H2,1H3,(H,18,20). The molecule has 120 valence electrons. The topological polar surface area (TPSA) is 75.3 Å². The van der Waals surface area contributed by atoms with Gasteiger partial charge in [-0.1, -0.05) is 23.8 Å². The number of aryl methyl sites for hydroxylation is 3. The second kappa shape index (κ2) is 6.14. The summed E-state index contributed by atoms with van der Waals surface area (Å²) < 4.78 is 24.6. The van der Waals surface area contributed by atoms with E-state index in [-0.39, 0.29) is 4.90 Å². The molecule has 1 amide bonds. The molecular formula is C17H18N2O3S. The van der Waals surface area contributed by atoms with Crippen LogP contribution >= 0.6 is 0 Å². The van der Waals surface area contributed by atoms with Gasteiger partial charge in [-0.15, -0.1) is 4.83 Å². The Morgan fingerprint density at radius 3 is 2.43 bits per heavy atom. The number of fused-ring (bicyclic) bond motifs is 1. The Bertz CT molecular complexity index is 843. The van der Waals surface area contributed by atoms with Gasteiger partial charge in [0, 0.05) is 5.56 Å². The number of hydrazine groups is 1. The molecule has 2 aromatic rings. The summed E-state index contributed by atoms with van der Waals surface area (Å²) in [6.45, 7) is 1.91. The van der Waals surface area contributed by atoms with E-state index in [1.165, 1.54) is 5.56 Å². The summed E-state index contributed by atoms with van der Waals surface area (Å²) >= 11 is 0. The molecule has 0 radical (unpaired) electrons. The highest BCUT2D eigenvalue weighted by Crippen LogP contribution is 2.24. The number of carbonyl (C=O) groups excluding carboxylic acids is 1. The van der Waals surface area contributed by atoms with Crippen LogP contribution in [0.5, 0.6) is 0 Å². The third-order valence-electron chi connectivity index (χ3n) is 3.99. The van der Waals surface area contributed by atoms with Gasteiger partial charge in [-0.05, 0) is 61.6 Å². The molecule has 2 N–H and O–H groups in total. The molecule has 1 aliphatic carbocycles. The lowest BCUT2D eigenvalue weighted by Crippen LogP contribution is -2.41. The first-order chi connectivity index (χ1) is 11.0. The molecule has 0 aliphatic heterocycles. The van der Waals surface area contributed by atoms with Crippen LogP contribution < -0.4 is 10.3 Å². The first-order valence-electron chi connectivity index (χ1n) is 7.46. The Kier molecular flexibility index (Phi) is 4.19. The molecule has 0 saturated heterocycles. The van der Waals surface area contributed by atoms with Gasteiger partial charge in [0.2, 0.25) is 0 Å². The number of hydrogen-bond donors (Lipinski definition) is 2. The van der Waals surface area contributed by atoms with Gasteiger partial charge in [-0.25, -0.2) is 8.42 Å². The molecule has 3 rings (SSSR count). The minimum absolute atomic E-state index is 0.169. The number of nitrogens with one attached hydrogen (secondary N) is 2. The van der Waals surface area contributed by atoms with Crippen molar-refractivity contribution in [3.05, 3.63) is 64.7 Å². The largest absolute Gasteiger partial charge is 0.273 e. The van der Waals surface area contributed by atoms with Crippen molar-refractivity contribution in [2.45, 2.75) is 31.1 Å². The van der Waals surface area contributed by atoms with Crippen molar-refractivity contribution in [2.24, 2.45) is 0 Å². The second-order valence-electron chi connectivity index (χ2n) is 5.71. The smallest absolute Gasteiger partial charge is 0.266 e. The van der Waals surface area contributed by atoms with Crippen LogP contribution in [0.1, 0.15) is 33.5 Å². The lowest BCUT2D eigenvalue weighted by atomic mass is 10.1. The van der Waals surface area contributed by atoms with E-state index in [0.717, 1.165) is 30.4 Å². The molecular weight excluding hydrogens is 312 g/mol. The van der Waals surface area contributed by atoms with E-state index in [2.05, 4.69) is 10.3 Å². The average Bonchev–Trinajstić information content (AvgIpc) is 3.01. The minimum Gasteiger partial charge on any atom is -0.273 e. The van der Waals surface area contributed by atoms with Crippen LogP contribution in [0.2, 0.25) is 0 Å². The van der Waals surface area contributed by atoms with Crippen molar-refractivity contribution in [3.8, 4) is 0 Å². The molecule has 23 heavy (non-hydrogen) atoms. The van der Waals surface area contributed by atoms with Gasteiger partial charge in [-0.3, -0.25) is 10.2 Å². The maximum Gasteiger partial charge on any atom is 0.266 e. The molecule has 0 saturated carbocycles. The summed E-state index contributed by atoms with van der Waals surface area (Å²) in [6.07, 6.45) is 2.94. The van der Waals surface area contributed by atoms with Crippen LogP contribution in [0, 0.1) is 6.92 Å². The molecule has 2 aromatic carbocycles. The Balaban J connectivity index is 1.71. The van der Waals surface area contributed by atoms with Crippen LogP contribution in [0.3, 0.4) is 0 Å². The van der Waals surface area contributed by atoms with E-state index in [1.54, 1.807) is 36.4 Å². The molecule has 0 fully saturated rings. The first-order valence-corrected chi connectivity index (χ1v) is 8.95. The summed E-state index contributed by atoms with van der Waals surface area (Å²) in [7, 11) is -3.78. The molecule has 0 heterocycles. The van der Waals surface area contributed by atoms with Crippen molar-refractivity contribution < 1.29 is 13.2 Å². The molecule has 0 atom stereocenters. The quantitative estimate of drug-likeness (QED) is 0.843. The summed E-state index contributed by atoms with van der Waals surface area (Å²) in [4.78, 5) is 14.3. The normalized spacial score (nSPS) is 13.6. The number of amides is 1. The van der Waals surface area contributed by atoms with Crippen molar-refractivity contribution >= 4 is 15.9 Å². The molecule has 6 heteroatoms. The van der Waals surface area contributed by atoms with E-state index in [4.69, 9.17) is 0 Å². The molecule has 5 nitrogen and oxygen atoms in total. The zero-order valence-electron chi connectivity index (χ0n) is 12.8. The zero-order valence-corrected chi connectivity index (χ0v) is 13.6. The van der Waals surface area contributed by atoms with Crippen LogP contribution in [-0.2, 0) is 22.9 Å². The molecule has 0 spiro atoms. The highest BCUT2D eigenvalue weighted by Gasteiger charge is 2.19. The van der Waals surface area contributed by atoms with Gasteiger partial charge in [-0.2, -0.15) is 0 Å². The van der Waals surface area contributed by atoms with Crippen LogP contribution in [0.15, 0.2) is 47.4 Å². The fourth-order valence-electron chi connectivity index (χ4n) is 2.66. The van der Waals surface area contributed by atoms with Gasteiger partial charge in [0.05, 0.1) is 4.90 Å². The fourth-order valence-corrected chi connectivity index (χ4v) is 3.55. The Hall–Kier alpha value is -2.18. The monoisotopic (exact) mass is 330 g/mol. The summed E-state index contributed by atoms with van der Waals surface area (Å²) in [6, 6.07) is 12.0. The van der Waals surface area contributed by atoms with E-state index < -0.39 is 15.9 Å². The predicted octanol–water partition coefficient (Wildman–Crippen LogP) is 2.11. The lowest BCUT2D eigenvalue weighted by molar-refractivity contribution is 0.0945. The predicted molar refractivity (Wildman–Crippen MR) is 87.4 cm³/mol. The van der Waals surface area contributed by atoms with E-state index in [0.29, 0.717) is 5.56 Å². The summed E-state index contributed by atoms with van der Waals surface area (Å²) in [5.74, 6) is -0.491. The number of hydrogen-bond acceptors (Lipinski definition) is 3. The van der Waals surface area contributed by atoms with Gasteiger partial charge in [0.15, 0.2) is 0 Å². The van der Waals surface area contributed by atoms with Crippen molar-refractivity contribution in [3.63, 3.8) is 0 Å². The van der Waals surface area contributed by atoms with E-state index >= 15 is 0 Å². The van der Waals surface area contributed by atoms with E-state index in [1.807, 2.05) is 13.0 Å².